The lowest BCUT2D eigenvalue weighted by atomic mass is 10.0. The zero-order valence-corrected chi connectivity index (χ0v) is 13.3. The Hall–Kier alpha value is 1.02. The van der Waals surface area contributed by atoms with Crippen LogP contribution in [0.25, 0.3) is 0 Å². The average molecular weight is 479 g/mol. The van der Waals surface area contributed by atoms with Crippen LogP contribution in [0.3, 0.4) is 0 Å². The van der Waals surface area contributed by atoms with Crippen molar-refractivity contribution in [2.24, 2.45) is 0 Å². The predicted octanol–water partition coefficient (Wildman–Crippen LogP) is 3.72. The van der Waals surface area contributed by atoms with Crippen LogP contribution in [0.5, 0.6) is 0 Å². The molecule has 1 aliphatic carbocycles. The van der Waals surface area contributed by atoms with E-state index in [-0.39, 0.29) is 0 Å². The van der Waals surface area contributed by atoms with Crippen LogP contribution in [0.4, 0.5) is 0 Å². The van der Waals surface area contributed by atoms with Gasteiger partial charge in [-0.1, -0.05) is 22.4 Å². The molecule has 1 aliphatic rings. The van der Waals surface area contributed by atoms with Gasteiger partial charge in [0.05, 0.1) is 0 Å². The highest BCUT2D eigenvalue weighted by Gasteiger charge is 2.28. The van der Waals surface area contributed by atoms with E-state index in [0.717, 1.165) is 7.40 Å². The SMILES string of the molecule is BrC1CCCC1c1cc(I)nnc1I. The highest BCUT2D eigenvalue weighted by atomic mass is 127. The summed E-state index contributed by atoms with van der Waals surface area (Å²) in [6.07, 6.45) is 3.86. The Labute approximate surface area is 119 Å². The molecule has 1 fully saturated rings. The Morgan fingerprint density at radius 1 is 1.29 bits per heavy atom. The zero-order chi connectivity index (χ0) is 10.1. The topological polar surface area (TPSA) is 25.8 Å². The normalized spacial score (nSPS) is 26.8. The second-order valence-electron chi connectivity index (χ2n) is 3.47. The first-order chi connectivity index (χ1) is 6.68. The summed E-state index contributed by atoms with van der Waals surface area (Å²) in [5.74, 6) is 0.630. The molecule has 2 unspecified atom stereocenters. The Balaban J connectivity index is 2.34. The van der Waals surface area contributed by atoms with Gasteiger partial charge in [-0.05, 0) is 75.6 Å². The fraction of sp³-hybridized carbons (Fsp3) is 0.556. The van der Waals surface area contributed by atoms with Crippen LogP contribution in [0.1, 0.15) is 30.7 Å². The minimum atomic E-state index is 0.621. The van der Waals surface area contributed by atoms with Gasteiger partial charge in [-0.25, -0.2) is 0 Å². The van der Waals surface area contributed by atoms with Gasteiger partial charge in [0, 0.05) is 4.83 Å². The van der Waals surface area contributed by atoms with Crippen molar-refractivity contribution in [3.63, 3.8) is 0 Å². The van der Waals surface area contributed by atoms with Crippen molar-refractivity contribution in [1.29, 1.82) is 0 Å². The van der Waals surface area contributed by atoms with Crippen LogP contribution in [0.15, 0.2) is 6.07 Å². The maximum atomic E-state index is 4.17. The number of halogens is 3. The molecule has 2 rings (SSSR count). The molecule has 1 aromatic heterocycles. The standard InChI is InChI=1S/C9H9BrI2N2/c10-7-3-1-2-5(7)6-4-8(11)13-14-9(6)12/h4-5,7H,1-3H2. The largest absolute Gasteiger partial charge is 0.143 e. The number of alkyl halides is 1. The number of hydrogen-bond donors (Lipinski definition) is 0. The molecule has 0 amide bonds. The van der Waals surface area contributed by atoms with E-state index in [4.69, 9.17) is 0 Å². The first-order valence-corrected chi connectivity index (χ1v) is 7.58. The molecule has 0 bridgehead atoms. The van der Waals surface area contributed by atoms with Gasteiger partial charge in [0.25, 0.3) is 0 Å². The van der Waals surface area contributed by atoms with Crippen molar-refractivity contribution < 1.29 is 0 Å². The highest BCUT2D eigenvalue weighted by molar-refractivity contribution is 14.1. The fourth-order valence-electron chi connectivity index (χ4n) is 1.89. The van der Waals surface area contributed by atoms with E-state index >= 15 is 0 Å². The van der Waals surface area contributed by atoms with Crippen LogP contribution in [-0.2, 0) is 0 Å². The molecule has 0 aliphatic heterocycles. The van der Waals surface area contributed by atoms with E-state index in [1.54, 1.807) is 0 Å². The molecule has 0 saturated heterocycles. The van der Waals surface area contributed by atoms with Gasteiger partial charge < -0.3 is 0 Å². The Kier molecular flexibility index (Phi) is 4.03. The van der Waals surface area contributed by atoms with Gasteiger partial charge in [-0.15, -0.1) is 10.2 Å². The fourth-order valence-corrected chi connectivity index (χ4v) is 3.87. The molecular weight excluding hydrogens is 470 g/mol. The molecule has 5 heteroatoms. The number of rotatable bonds is 1. The molecule has 0 aromatic carbocycles. The predicted molar refractivity (Wildman–Crippen MR) is 76.8 cm³/mol. The van der Waals surface area contributed by atoms with E-state index in [9.17, 15) is 0 Å². The summed E-state index contributed by atoms with van der Waals surface area (Å²) in [6, 6.07) is 2.17. The highest BCUT2D eigenvalue weighted by Crippen LogP contribution is 2.40. The lowest BCUT2D eigenvalue weighted by Crippen LogP contribution is -2.08. The summed E-state index contributed by atoms with van der Waals surface area (Å²) in [7, 11) is 0. The van der Waals surface area contributed by atoms with Crippen LogP contribution < -0.4 is 0 Å². The van der Waals surface area contributed by atoms with Crippen molar-refractivity contribution in [3.05, 3.63) is 19.0 Å². The Morgan fingerprint density at radius 3 is 2.71 bits per heavy atom. The van der Waals surface area contributed by atoms with Gasteiger partial charge >= 0.3 is 0 Å². The van der Waals surface area contributed by atoms with Crippen molar-refractivity contribution in [1.82, 2.24) is 10.2 Å². The second-order valence-corrected chi connectivity index (χ2v) is 6.77. The minimum absolute atomic E-state index is 0.621. The number of hydrogen-bond acceptors (Lipinski definition) is 2. The van der Waals surface area contributed by atoms with Crippen molar-refractivity contribution in [2.75, 3.05) is 0 Å². The summed E-state index contributed by atoms with van der Waals surface area (Å²) < 4.78 is 2.05. The number of aromatic nitrogens is 2. The summed E-state index contributed by atoms with van der Waals surface area (Å²) in [4.78, 5) is 0.621. The third-order valence-electron chi connectivity index (χ3n) is 2.58. The first kappa shape index (κ1) is 11.5. The molecule has 14 heavy (non-hydrogen) atoms. The molecule has 1 saturated carbocycles. The van der Waals surface area contributed by atoms with Gasteiger partial charge in [-0.3, -0.25) is 0 Å². The number of nitrogens with zero attached hydrogens (tertiary/aromatic N) is 2. The third kappa shape index (κ3) is 2.40. The van der Waals surface area contributed by atoms with Gasteiger partial charge in [0.15, 0.2) is 0 Å². The van der Waals surface area contributed by atoms with Gasteiger partial charge in [0.2, 0.25) is 0 Å². The monoisotopic (exact) mass is 478 g/mol. The zero-order valence-electron chi connectivity index (χ0n) is 7.38. The second kappa shape index (κ2) is 4.90. The first-order valence-electron chi connectivity index (χ1n) is 4.51. The third-order valence-corrected chi connectivity index (χ3v) is 5.04. The molecule has 2 nitrogen and oxygen atoms in total. The van der Waals surface area contributed by atoms with Crippen molar-refractivity contribution >= 4 is 61.1 Å². The molecule has 0 N–H and O–H groups in total. The molecule has 0 radical (unpaired) electrons. The smallest absolute Gasteiger partial charge is 0.127 e. The van der Waals surface area contributed by atoms with Crippen LogP contribution >= 0.6 is 61.1 Å². The molecule has 0 spiro atoms. The lowest BCUT2D eigenvalue weighted by molar-refractivity contribution is 0.722. The van der Waals surface area contributed by atoms with E-state index in [0.29, 0.717) is 10.7 Å². The molecule has 2 atom stereocenters. The van der Waals surface area contributed by atoms with Crippen molar-refractivity contribution in [3.8, 4) is 0 Å². The van der Waals surface area contributed by atoms with Crippen LogP contribution in [-0.4, -0.2) is 15.0 Å². The van der Waals surface area contributed by atoms with Gasteiger partial charge in [0.1, 0.15) is 7.40 Å². The molecule has 1 heterocycles. The van der Waals surface area contributed by atoms with Crippen molar-refractivity contribution in [2.45, 2.75) is 30.0 Å². The Morgan fingerprint density at radius 2 is 2.07 bits per heavy atom. The summed E-state index contributed by atoms with van der Waals surface area (Å²) in [5, 5.41) is 8.22. The van der Waals surface area contributed by atoms with E-state index in [1.807, 2.05) is 0 Å². The van der Waals surface area contributed by atoms with Crippen LogP contribution in [0.2, 0.25) is 0 Å². The van der Waals surface area contributed by atoms with E-state index < -0.39 is 0 Å². The minimum Gasteiger partial charge on any atom is -0.143 e. The van der Waals surface area contributed by atoms with Gasteiger partial charge in [-0.2, -0.15) is 0 Å². The maximum Gasteiger partial charge on any atom is 0.127 e. The molecule has 1 aromatic rings. The van der Waals surface area contributed by atoms with E-state index in [2.05, 4.69) is 77.4 Å². The maximum absolute atomic E-state index is 4.17. The van der Waals surface area contributed by atoms with Crippen LogP contribution in [0, 0.1) is 7.40 Å². The summed E-state index contributed by atoms with van der Waals surface area (Å²) in [6.45, 7) is 0. The average Bonchev–Trinajstić information content (AvgIpc) is 2.56. The van der Waals surface area contributed by atoms with E-state index in [1.165, 1.54) is 24.8 Å². The quantitative estimate of drug-likeness (QED) is 0.454. The summed E-state index contributed by atoms with van der Waals surface area (Å²) >= 11 is 8.25. The summed E-state index contributed by atoms with van der Waals surface area (Å²) in [5.41, 5.74) is 1.37. The Bertz CT molecular complexity index is 346. The molecular formula is C9H9BrI2N2. The molecule has 76 valence electrons. The lowest BCUT2D eigenvalue weighted by Gasteiger charge is -2.15.